The molecule has 2 heterocycles. The summed E-state index contributed by atoms with van der Waals surface area (Å²) in [5.74, 6) is -0.240. The highest BCUT2D eigenvalue weighted by Gasteiger charge is 2.18. The lowest BCUT2D eigenvalue weighted by atomic mass is 10.3. The Morgan fingerprint density at radius 1 is 1.26 bits per heavy atom. The Labute approximate surface area is 111 Å². The highest BCUT2D eigenvalue weighted by molar-refractivity contribution is 5.96. The molecule has 19 heavy (non-hydrogen) atoms. The lowest BCUT2D eigenvalue weighted by molar-refractivity contribution is -0.129. The molecule has 0 aliphatic carbocycles. The van der Waals surface area contributed by atoms with Gasteiger partial charge < -0.3 is 16.0 Å². The maximum Gasteiger partial charge on any atom is 0.273 e. The van der Waals surface area contributed by atoms with Gasteiger partial charge in [0, 0.05) is 38.4 Å². The average molecular weight is 263 g/mol. The number of amides is 2. The first-order chi connectivity index (χ1) is 9.18. The van der Waals surface area contributed by atoms with Crippen LogP contribution in [-0.4, -0.2) is 46.3 Å². The number of nitrogens with two attached hydrogens (primary N) is 1. The summed E-state index contributed by atoms with van der Waals surface area (Å²) in [4.78, 5) is 33.0. The molecule has 1 aliphatic heterocycles. The van der Waals surface area contributed by atoms with E-state index in [2.05, 4.69) is 15.3 Å². The predicted octanol–water partition coefficient (Wildman–Crippen LogP) is -0.199. The number of hydrogen-bond acceptors (Lipinski definition) is 5. The van der Waals surface area contributed by atoms with Crippen molar-refractivity contribution in [3.63, 3.8) is 0 Å². The van der Waals surface area contributed by atoms with E-state index in [4.69, 9.17) is 5.73 Å². The third-order valence-corrected chi connectivity index (χ3v) is 3.02. The third kappa shape index (κ3) is 3.40. The van der Waals surface area contributed by atoms with Gasteiger partial charge >= 0.3 is 0 Å². The molecule has 2 rings (SSSR count). The zero-order valence-electron chi connectivity index (χ0n) is 10.6. The normalized spacial score (nSPS) is 14.4. The van der Waals surface area contributed by atoms with Gasteiger partial charge in [0.1, 0.15) is 0 Å². The van der Waals surface area contributed by atoms with Crippen molar-refractivity contribution in [1.29, 1.82) is 0 Å². The summed E-state index contributed by atoms with van der Waals surface area (Å²) in [5.41, 5.74) is 5.64. The van der Waals surface area contributed by atoms with Crippen molar-refractivity contribution in [1.82, 2.24) is 20.2 Å². The minimum Gasteiger partial charge on any atom is -0.382 e. The quantitative estimate of drug-likeness (QED) is 0.783. The van der Waals surface area contributed by atoms with E-state index >= 15 is 0 Å². The zero-order chi connectivity index (χ0) is 13.7. The first-order valence-electron chi connectivity index (χ1n) is 6.31. The van der Waals surface area contributed by atoms with E-state index in [-0.39, 0.29) is 24.0 Å². The van der Waals surface area contributed by atoms with Gasteiger partial charge in [-0.25, -0.2) is 9.97 Å². The molecule has 0 unspecified atom stereocenters. The Balaban J connectivity index is 1.78. The number of aromatic nitrogens is 2. The van der Waals surface area contributed by atoms with Gasteiger partial charge in [-0.2, -0.15) is 0 Å². The smallest absolute Gasteiger partial charge is 0.273 e. The summed E-state index contributed by atoms with van der Waals surface area (Å²) in [6.45, 7) is 1.93. The monoisotopic (exact) mass is 263 g/mol. The van der Waals surface area contributed by atoms with Gasteiger partial charge in [0.2, 0.25) is 5.91 Å². The van der Waals surface area contributed by atoms with Crippen LogP contribution in [0.5, 0.6) is 0 Å². The van der Waals surface area contributed by atoms with Crippen molar-refractivity contribution < 1.29 is 9.59 Å². The number of nitrogens with one attached hydrogen (secondary N) is 1. The van der Waals surface area contributed by atoms with Crippen LogP contribution < -0.4 is 11.1 Å². The topological polar surface area (TPSA) is 101 Å². The molecule has 7 nitrogen and oxygen atoms in total. The summed E-state index contributed by atoms with van der Waals surface area (Å²) >= 11 is 0. The zero-order valence-corrected chi connectivity index (χ0v) is 10.6. The maximum atomic E-state index is 11.8. The minimum absolute atomic E-state index is 0.0740. The molecule has 0 saturated carbocycles. The molecule has 0 atom stereocenters. The second-order valence-corrected chi connectivity index (χ2v) is 4.38. The molecular formula is C12H17N5O2. The van der Waals surface area contributed by atoms with E-state index < -0.39 is 5.91 Å². The van der Waals surface area contributed by atoms with Crippen LogP contribution in [0.3, 0.4) is 0 Å². The summed E-state index contributed by atoms with van der Waals surface area (Å²) in [6, 6.07) is 0. The van der Waals surface area contributed by atoms with E-state index in [0.29, 0.717) is 6.42 Å². The number of hydrogen-bond donors (Lipinski definition) is 2. The summed E-state index contributed by atoms with van der Waals surface area (Å²) in [6.07, 6.45) is 5.25. The highest BCUT2D eigenvalue weighted by Crippen LogP contribution is 2.08. The number of anilines is 1. The lowest BCUT2D eigenvalue weighted by Gasteiger charge is -2.15. The molecule has 1 saturated heterocycles. The van der Waals surface area contributed by atoms with E-state index in [1.807, 2.05) is 4.90 Å². The predicted molar refractivity (Wildman–Crippen MR) is 69.2 cm³/mol. The molecular weight excluding hydrogens is 246 g/mol. The van der Waals surface area contributed by atoms with Crippen LogP contribution in [-0.2, 0) is 4.79 Å². The highest BCUT2D eigenvalue weighted by atomic mass is 16.2. The van der Waals surface area contributed by atoms with Gasteiger partial charge in [-0.15, -0.1) is 0 Å². The fourth-order valence-electron chi connectivity index (χ4n) is 2.02. The van der Waals surface area contributed by atoms with Crippen molar-refractivity contribution >= 4 is 17.6 Å². The van der Waals surface area contributed by atoms with Crippen LogP contribution in [0.15, 0.2) is 12.4 Å². The Morgan fingerprint density at radius 3 is 2.63 bits per heavy atom. The van der Waals surface area contributed by atoms with Crippen LogP contribution in [0.1, 0.15) is 29.8 Å². The number of likely N-dealkylation sites (tertiary alicyclic amines) is 1. The van der Waals surface area contributed by atoms with Crippen LogP contribution in [0.4, 0.5) is 5.82 Å². The van der Waals surface area contributed by atoms with Gasteiger partial charge in [-0.3, -0.25) is 9.59 Å². The standard InChI is InChI=1S/C12H17N5O2/c13-11-10(14-5-6-15-11)12(19)16-4-3-9(18)17-7-1-2-8-17/h5-6H,1-4,7-8H2,(H2,13,15)(H,16,19). The van der Waals surface area contributed by atoms with E-state index in [1.54, 1.807) is 0 Å². The first kappa shape index (κ1) is 13.3. The number of carbonyl (C=O) groups excluding carboxylic acids is 2. The van der Waals surface area contributed by atoms with Crippen molar-refractivity contribution in [2.75, 3.05) is 25.4 Å². The van der Waals surface area contributed by atoms with Gasteiger partial charge in [-0.1, -0.05) is 0 Å². The second-order valence-electron chi connectivity index (χ2n) is 4.38. The van der Waals surface area contributed by atoms with Crippen molar-refractivity contribution in [2.24, 2.45) is 0 Å². The molecule has 1 aromatic heterocycles. The van der Waals surface area contributed by atoms with Gasteiger partial charge in [0.05, 0.1) is 0 Å². The summed E-state index contributed by atoms with van der Waals surface area (Å²) in [7, 11) is 0. The fraction of sp³-hybridized carbons (Fsp3) is 0.500. The van der Waals surface area contributed by atoms with Crippen molar-refractivity contribution in [3.8, 4) is 0 Å². The Morgan fingerprint density at radius 2 is 1.95 bits per heavy atom. The van der Waals surface area contributed by atoms with Crippen LogP contribution in [0.25, 0.3) is 0 Å². The fourth-order valence-corrected chi connectivity index (χ4v) is 2.02. The molecule has 1 aliphatic rings. The molecule has 0 spiro atoms. The molecule has 1 aromatic rings. The van der Waals surface area contributed by atoms with Crippen LogP contribution in [0.2, 0.25) is 0 Å². The van der Waals surface area contributed by atoms with Crippen molar-refractivity contribution in [2.45, 2.75) is 19.3 Å². The molecule has 0 radical (unpaired) electrons. The largest absolute Gasteiger partial charge is 0.382 e. The molecule has 3 N–H and O–H groups in total. The van der Waals surface area contributed by atoms with Gasteiger partial charge in [-0.05, 0) is 12.8 Å². The van der Waals surface area contributed by atoms with Crippen LogP contribution in [0, 0.1) is 0 Å². The number of rotatable bonds is 4. The lowest BCUT2D eigenvalue weighted by Crippen LogP contribution is -2.33. The van der Waals surface area contributed by atoms with Gasteiger partial charge in [0.25, 0.3) is 5.91 Å². The molecule has 0 aromatic carbocycles. The van der Waals surface area contributed by atoms with E-state index in [0.717, 1.165) is 25.9 Å². The number of carbonyl (C=O) groups is 2. The molecule has 2 amide bonds. The first-order valence-corrected chi connectivity index (χ1v) is 6.31. The minimum atomic E-state index is -0.403. The number of nitrogens with zero attached hydrogens (tertiary/aromatic N) is 3. The third-order valence-electron chi connectivity index (χ3n) is 3.02. The summed E-state index contributed by atoms with van der Waals surface area (Å²) in [5, 5.41) is 2.63. The van der Waals surface area contributed by atoms with E-state index in [1.165, 1.54) is 12.4 Å². The maximum absolute atomic E-state index is 11.8. The summed E-state index contributed by atoms with van der Waals surface area (Å²) < 4.78 is 0. The second kappa shape index (κ2) is 6.12. The molecule has 0 bridgehead atoms. The molecule has 7 heteroatoms. The number of nitrogen functional groups attached to an aromatic ring is 1. The Bertz CT molecular complexity index is 471. The van der Waals surface area contributed by atoms with Gasteiger partial charge in [0.15, 0.2) is 11.5 Å². The van der Waals surface area contributed by atoms with E-state index in [9.17, 15) is 9.59 Å². The van der Waals surface area contributed by atoms with Crippen LogP contribution >= 0.6 is 0 Å². The average Bonchev–Trinajstić information content (AvgIpc) is 2.93. The Kier molecular flexibility index (Phi) is 4.27. The molecule has 102 valence electrons. The van der Waals surface area contributed by atoms with Crippen molar-refractivity contribution in [3.05, 3.63) is 18.1 Å². The molecule has 1 fully saturated rings. The Hall–Kier alpha value is -2.18. The SMILES string of the molecule is Nc1nccnc1C(=O)NCCC(=O)N1CCCC1.